The van der Waals surface area contributed by atoms with Crippen molar-refractivity contribution in [3.05, 3.63) is 40.9 Å². The van der Waals surface area contributed by atoms with E-state index in [4.69, 9.17) is 4.74 Å². The van der Waals surface area contributed by atoms with E-state index in [2.05, 4.69) is 4.98 Å². The minimum Gasteiger partial charge on any atom is -0.477 e. The summed E-state index contributed by atoms with van der Waals surface area (Å²) in [4.78, 5) is 30.0. The van der Waals surface area contributed by atoms with E-state index in [9.17, 15) is 18.0 Å². The molecule has 8 nitrogen and oxygen atoms in total. The molecule has 1 aliphatic heterocycles. The number of aromatic nitrogens is 2. The quantitative estimate of drug-likeness (QED) is 0.649. The second-order valence-electron chi connectivity index (χ2n) is 8.82. The van der Waals surface area contributed by atoms with Crippen LogP contribution in [0.4, 0.5) is 5.69 Å². The topological polar surface area (TPSA) is 101 Å². The predicted octanol–water partition coefficient (Wildman–Crippen LogP) is 3.10. The largest absolute Gasteiger partial charge is 0.477 e. The molecule has 2 aromatic heterocycles. The van der Waals surface area contributed by atoms with E-state index in [1.54, 1.807) is 52.5 Å². The van der Waals surface area contributed by atoms with Gasteiger partial charge in [-0.05, 0) is 38.0 Å². The van der Waals surface area contributed by atoms with Crippen molar-refractivity contribution in [1.82, 2.24) is 9.55 Å². The van der Waals surface area contributed by atoms with Crippen molar-refractivity contribution in [2.24, 2.45) is 13.0 Å². The maximum atomic E-state index is 13.1. The van der Waals surface area contributed by atoms with Crippen LogP contribution >= 0.6 is 0 Å². The van der Waals surface area contributed by atoms with Gasteiger partial charge in [-0.3, -0.25) is 9.59 Å². The predicted molar refractivity (Wildman–Crippen MR) is 124 cm³/mol. The van der Waals surface area contributed by atoms with E-state index in [1.807, 2.05) is 13.8 Å². The normalized spacial score (nSPS) is 16.7. The van der Waals surface area contributed by atoms with Gasteiger partial charge in [0.1, 0.15) is 5.52 Å². The van der Waals surface area contributed by atoms with E-state index >= 15 is 0 Å². The van der Waals surface area contributed by atoms with Gasteiger partial charge in [0.2, 0.25) is 0 Å². The molecule has 0 aliphatic carbocycles. The highest BCUT2D eigenvalue weighted by Crippen LogP contribution is 2.46. The standard InChI is InChI=1S/C23H27N3O5S/c1-12(2)20-23(28)26(6)18-10-14(32(29,30)13(3)4)9-16(21(18)31-20)17-11-25(5)22(27)19-15(17)7-8-24-19/h7-13,20,24H,1-6H3. The van der Waals surface area contributed by atoms with Crippen LogP contribution < -0.4 is 15.2 Å². The van der Waals surface area contributed by atoms with Crippen molar-refractivity contribution in [2.45, 2.75) is 43.9 Å². The summed E-state index contributed by atoms with van der Waals surface area (Å²) in [6, 6.07) is 4.86. The first-order valence-electron chi connectivity index (χ1n) is 10.5. The molecule has 32 heavy (non-hydrogen) atoms. The van der Waals surface area contributed by atoms with Gasteiger partial charge >= 0.3 is 0 Å². The summed E-state index contributed by atoms with van der Waals surface area (Å²) < 4.78 is 33.8. The molecular formula is C23H27N3O5S. The van der Waals surface area contributed by atoms with E-state index in [1.165, 1.54) is 15.5 Å². The second kappa shape index (κ2) is 7.51. The Morgan fingerprint density at radius 2 is 1.75 bits per heavy atom. The number of amides is 1. The van der Waals surface area contributed by atoms with Crippen LogP contribution in [-0.2, 0) is 21.7 Å². The second-order valence-corrected chi connectivity index (χ2v) is 11.3. The number of aryl methyl sites for hydroxylation is 1. The number of anilines is 1. The van der Waals surface area contributed by atoms with Crippen LogP contribution in [0.2, 0.25) is 0 Å². The molecule has 3 aromatic rings. The highest BCUT2D eigenvalue weighted by Gasteiger charge is 2.37. The Morgan fingerprint density at radius 1 is 1.06 bits per heavy atom. The van der Waals surface area contributed by atoms with Crippen LogP contribution in [0.3, 0.4) is 0 Å². The maximum absolute atomic E-state index is 13.1. The number of nitrogens with one attached hydrogen (secondary N) is 1. The number of carbonyl (C=O) groups is 1. The van der Waals surface area contributed by atoms with Gasteiger partial charge in [-0.1, -0.05) is 13.8 Å². The van der Waals surface area contributed by atoms with Gasteiger partial charge in [0.15, 0.2) is 21.7 Å². The van der Waals surface area contributed by atoms with E-state index in [0.29, 0.717) is 33.5 Å². The van der Waals surface area contributed by atoms with Gasteiger partial charge in [0.05, 0.1) is 15.8 Å². The number of pyridine rings is 1. The van der Waals surface area contributed by atoms with Crippen LogP contribution in [0.25, 0.3) is 22.0 Å². The van der Waals surface area contributed by atoms with Crippen molar-refractivity contribution in [2.75, 3.05) is 11.9 Å². The van der Waals surface area contributed by atoms with Crippen molar-refractivity contribution < 1.29 is 17.9 Å². The third-order valence-corrected chi connectivity index (χ3v) is 8.10. The monoisotopic (exact) mass is 457 g/mol. The maximum Gasteiger partial charge on any atom is 0.274 e. The highest BCUT2D eigenvalue weighted by molar-refractivity contribution is 7.92. The van der Waals surface area contributed by atoms with Gasteiger partial charge < -0.3 is 19.2 Å². The Labute approximate surface area is 186 Å². The molecule has 0 radical (unpaired) electrons. The Morgan fingerprint density at radius 3 is 2.38 bits per heavy atom. The zero-order chi connectivity index (χ0) is 23.5. The lowest BCUT2D eigenvalue weighted by Gasteiger charge is -2.35. The molecule has 1 unspecified atom stereocenters. The molecule has 1 N–H and O–H groups in total. The number of rotatable bonds is 4. The summed E-state index contributed by atoms with van der Waals surface area (Å²) in [5.74, 6) is 0.108. The summed E-state index contributed by atoms with van der Waals surface area (Å²) in [5, 5.41) is 0.00776. The Kier molecular flexibility index (Phi) is 5.20. The van der Waals surface area contributed by atoms with Crippen molar-refractivity contribution in [1.29, 1.82) is 0 Å². The average Bonchev–Trinajstić information content (AvgIpc) is 3.22. The van der Waals surface area contributed by atoms with Crippen molar-refractivity contribution in [3.8, 4) is 16.9 Å². The number of fused-ring (bicyclic) bond motifs is 2. The summed E-state index contributed by atoms with van der Waals surface area (Å²) in [6.07, 6.45) is 2.64. The molecule has 0 bridgehead atoms. The van der Waals surface area contributed by atoms with Crippen LogP contribution in [0.1, 0.15) is 27.7 Å². The fraction of sp³-hybridized carbons (Fsp3) is 0.391. The summed E-state index contributed by atoms with van der Waals surface area (Å²) in [6.45, 7) is 7.03. The fourth-order valence-corrected chi connectivity index (χ4v) is 5.09. The molecule has 4 rings (SSSR count). The minimum absolute atomic E-state index is 0.0857. The van der Waals surface area contributed by atoms with Gasteiger partial charge in [0, 0.05) is 43.0 Å². The van der Waals surface area contributed by atoms with Crippen LogP contribution in [-0.4, -0.2) is 42.3 Å². The average molecular weight is 458 g/mol. The number of benzene rings is 1. The molecule has 170 valence electrons. The molecule has 0 saturated heterocycles. The molecule has 0 spiro atoms. The molecular weight excluding hydrogens is 430 g/mol. The summed E-state index contributed by atoms with van der Waals surface area (Å²) in [7, 11) is -0.374. The third kappa shape index (κ3) is 3.23. The third-order valence-electron chi connectivity index (χ3n) is 5.96. The van der Waals surface area contributed by atoms with Crippen LogP contribution in [0.15, 0.2) is 40.3 Å². The van der Waals surface area contributed by atoms with Gasteiger partial charge in [0.25, 0.3) is 11.5 Å². The minimum atomic E-state index is -3.64. The number of likely N-dealkylation sites (N-methyl/N-ethyl adjacent to an activating group) is 1. The number of aromatic amines is 1. The molecule has 1 amide bonds. The zero-order valence-electron chi connectivity index (χ0n) is 19.0. The lowest BCUT2D eigenvalue weighted by Crippen LogP contribution is -2.46. The number of hydrogen-bond acceptors (Lipinski definition) is 5. The Hall–Kier alpha value is -3.07. The number of sulfone groups is 1. The molecule has 3 heterocycles. The number of carbonyl (C=O) groups excluding carboxylic acids is 1. The lowest BCUT2D eigenvalue weighted by molar-refractivity contribution is -0.127. The SMILES string of the molecule is CC(C)C1Oc2c(-c3cn(C)c(=O)c4[nH]ccc34)cc(S(=O)(=O)C(C)C)cc2N(C)C1=O. The number of H-pyrrole nitrogens is 1. The van der Waals surface area contributed by atoms with Gasteiger partial charge in [-0.25, -0.2) is 8.42 Å². The Balaban J connectivity index is 2.12. The van der Waals surface area contributed by atoms with E-state index in [-0.39, 0.29) is 22.3 Å². The van der Waals surface area contributed by atoms with Gasteiger partial charge in [-0.15, -0.1) is 0 Å². The lowest BCUT2D eigenvalue weighted by atomic mass is 9.98. The first-order valence-corrected chi connectivity index (χ1v) is 12.0. The summed E-state index contributed by atoms with van der Waals surface area (Å²) >= 11 is 0. The zero-order valence-corrected chi connectivity index (χ0v) is 19.8. The highest BCUT2D eigenvalue weighted by atomic mass is 32.2. The molecule has 0 fully saturated rings. The number of nitrogens with zero attached hydrogens (tertiary/aromatic N) is 2. The number of hydrogen-bond donors (Lipinski definition) is 1. The molecule has 9 heteroatoms. The van der Waals surface area contributed by atoms with Crippen LogP contribution in [0, 0.1) is 5.92 Å². The number of ether oxygens (including phenoxy) is 1. The summed E-state index contributed by atoms with van der Waals surface area (Å²) in [5.41, 5.74) is 1.78. The van der Waals surface area contributed by atoms with E-state index < -0.39 is 21.2 Å². The molecule has 1 atom stereocenters. The Bertz CT molecular complexity index is 1400. The molecule has 0 saturated carbocycles. The molecule has 1 aromatic carbocycles. The van der Waals surface area contributed by atoms with Crippen LogP contribution in [0.5, 0.6) is 5.75 Å². The smallest absolute Gasteiger partial charge is 0.274 e. The first-order chi connectivity index (χ1) is 14.9. The first kappa shape index (κ1) is 22.1. The fourth-order valence-electron chi connectivity index (χ4n) is 3.99. The molecule has 1 aliphatic rings. The van der Waals surface area contributed by atoms with Crippen molar-refractivity contribution >= 4 is 32.3 Å². The van der Waals surface area contributed by atoms with Gasteiger partial charge in [-0.2, -0.15) is 0 Å². The van der Waals surface area contributed by atoms with E-state index in [0.717, 1.165) is 0 Å². The van der Waals surface area contributed by atoms with Crippen molar-refractivity contribution in [3.63, 3.8) is 0 Å².